The van der Waals surface area contributed by atoms with Gasteiger partial charge in [-0.05, 0) is 74.8 Å². The molecule has 240 valence electrons. The van der Waals surface area contributed by atoms with Crippen molar-refractivity contribution in [2.45, 2.75) is 69.2 Å². The van der Waals surface area contributed by atoms with Crippen LogP contribution in [0.15, 0.2) is 79.9 Å². The summed E-state index contributed by atoms with van der Waals surface area (Å²) >= 11 is 6.17. The van der Waals surface area contributed by atoms with Gasteiger partial charge in [-0.1, -0.05) is 61.0 Å². The van der Waals surface area contributed by atoms with E-state index in [-0.39, 0.29) is 37.5 Å². The molecule has 3 unspecified atom stereocenters. The van der Waals surface area contributed by atoms with Crippen molar-refractivity contribution < 1.29 is 29.0 Å². The number of amides is 2. The summed E-state index contributed by atoms with van der Waals surface area (Å²) in [6.07, 6.45) is 6.51. The predicted octanol–water partition coefficient (Wildman–Crippen LogP) is 5.37. The molecule has 9 heteroatoms. The Hall–Kier alpha value is -3.46. The maximum absolute atomic E-state index is 14.9. The highest BCUT2D eigenvalue weighted by molar-refractivity contribution is 6.30. The number of rotatable bonds is 14. The van der Waals surface area contributed by atoms with E-state index in [9.17, 15) is 19.5 Å². The molecule has 8 nitrogen and oxygen atoms in total. The molecule has 0 aliphatic carbocycles. The molecule has 3 aliphatic heterocycles. The van der Waals surface area contributed by atoms with E-state index < -0.39 is 41.1 Å². The Morgan fingerprint density at radius 1 is 1.16 bits per heavy atom. The van der Waals surface area contributed by atoms with Gasteiger partial charge in [0.2, 0.25) is 5.91 Å². The van der Waals surface area contributed by atoms with Gasteiger partial charge in [-0.2, -0.15) is 0 Å². The minimum Gasteiger partial charge on any atom is -0.465 e. The molecule has 7 atom stereocenters. The Morgan fingerprint density at radius 3 is 2.51 bits per heavy atom. The van der Waals surface area contributed by atoms with Crippen LogP contribution in [0.3, 0.4) is 0 Å². The SMILES string of the molecule is C=CCCCCOC(=O)[C@H]1[C@H]2C(=O)N([C@@H](CO)Cc3ccccc3)C(C(=O)N(CC=C)c3ccc(Cl)cc3)C23CC(C)[C@]1(C)O3. The molecule has 1 N–H and O–H groups in total. The van der Waals surface area contributed by atoms with Gasteiger partial charge in [-0.3, -0.25) is 14.4 Å². The summed E-state index contributed by atoms with van der Waals surface area (Å²) in [4.78, 5) is 46.5. The lowest BCUT2D eigenvalue weighted by atomic mass is 9.62. The second-order valence-corrected chi connectivity index (χ2v) is 13.1. The van der Waals surface area contributed by atoms with Gasteiger partial charge in [0, 0.05) is 17.3 Å². The number of hydrogen-bond donors (Lipinski definition) is 1. The summed E-state index contributed by atoms with van der Waals surface area (Å²) in [5.74, 6) is -3.20. The molecule has 0 radical (unpaired) electrons. The molecule has 3 aliphatic rings. The van der Waals surface area contributed by atoms with Gasteiger partial charge >= 0.3 is 5.97 Å². The zero-order valence-corrected chi connectivity index (χ0v) is 26.8. The molecule has 0 saturated carbocycles. The molecule has 1 spiro atoms. The molecular weight excluding hydrogens is 592 g/mol. The van der Waals surface area contributed by atoms with Crippen LogP contribution < -0.4 is 4.90 Å². The Labute approximate surface area is 270 Å². The van der Waals surface area contributed by atoms with Crippen molar-refractivity contribution in [1.82, 2.24) is 4.90 Å². The fourth-order valence-corrected chi connectivity index (χ4v) is 7.84. The third-order valence-corrected chi connectivity index (χ3v) is 10.2. The maximum Gasteiger partial charge on any atom is 0.312 e. The van der Waals surface area contributed by atoms with Gasteiger partial charge in [-0.25, -0.2) is 0 Å². The van der Waals surface area contributed by atoms with E-state index >= 15 is 0 Å². The zero-order chi connectivity index (χ0) is 32.4. The van der Waals surface area contributed by atoms with Gasteiger partial charge in [0.05, 0.1) is 30.8 Å². The molecule has 3 saturated heterocycles. The number of aliphatic hydroxyl groups excluding tert-OH is 1. The van der Waals surface area contributed by atoms with Crippen LogP contribution in [0.4, 0.5) is 5.69 Å². The number of ether oxygens (including phenoxy) is 2. The summed E-state index contributed by atoms with van der Waals surface area (Å²) in [5, 5.41) is 11.3. The van der Waals surface area contributed by atoms with Gasteiger partial charge in [-0.15, -0.1) is 13.2 Å². The first-order chi connectivity index (χ1) is 21.6. The number of carbonyl (C=O) groups excluding carboxylic acids is 3. The summed E-state index contributed by atoms with van der Waals surface area (Å²) in [6.45, 7) is 11.5. The number of nitrogens with zero attached hydrogens (tertiary/aromatic N) is 2. The van der Waals surface area contributed by atoms with Gasteiger partial charge in [0.15, 0.2) is 0 Å². The summed E-state index contributed by atoms with van der Waals surface area (Å²) in [6, 6.07) is 14.6. The second kappa shape index (κ2) is 13.5. The average molecular weight is 635 g/mol. The summed E-state index contributed by atoms with van der Waals surface area (Å²) < 4.78 is 12.6. The van der Waals surface area contributed by atoms with E-state index in [2.05, 4.69) is 13.2 Å². The van der Waals surface area contributed by atoms with E-state index in [1.54, 1.807) is 35.2 Å². The fraction of sp³-hybridized carbons (Fsp3) is 0.472. The van der Waals surface area contributed by atoms with Crippen molar-refractivity contribution in [1.29, 1.82) is 0 Å². The smallest absolute Gasteiger partial charge is 0.312 e. The first-order valence-corrected chi connectivity index (χ1v) is 16.1. The Morgan fingerprint density at radius 2 is 1.87 bits per heavy atom. The lowest BCUT2D eigenvalue weighted by molar-refractivity contribution is -0.162. The van der Waals surface area contributed by atoms with Crippen LogP contribution in [0.1, 0.15) is 45.1 Å². The third kappa shape index (κ3) is 5.84. The van der Waals surface area contributed by atoms with Gasteiger partial charge < -0.3 is 24.4 Å². The van der Waals surface area contributed by atoms with Crippen molar-refractivity contribution in [3.8, 4) is 0 Å². The number of likely N-dealkylation sites (tertiary alicyclic amines) is 1. The Kier molecular flexibility index (Phi) is 9.87. The Balaban J connectivity index is 1.58. The molecule has 5 rings (SSSR count). The van der Waals surface area contributed by atoms with E-state index in [4.69, 9.17) is 21.1 Å². The van der Waals surface area contributed by atoms with Crippen LogP contribution >= 0.6 is 11.6 Å². The lowest BCUT2D eigenvalue weighted by Gasteiger charge is -2.39. The van der Waals surface area contributed by atoms with E-state index in [0.29, 0.717) is 30.0 Å². The van der Waals surface area contributed by atoms with Gasteiger partial charge in [0.1, 0.15) is 17.6 Å². The number of anilines is 1. The molecular formula is C36H43ClN2O6. The van der Waals surface area contributed by atoms with E-state index in [1.165, 1.54) is 4.90 Å². The number of aliphatic hydroxyl groups is 1. The quantitative estimate of drug-likeness (QED) is 0.171. The minimum absolute atomic E-state index is 0.139. The molecule has 0 aromatic heterocycles. The van der Waals surface area contributed by atoms with Crippen molar-refractivity contribution in [3.63, 3.8) is 0 Å². The standard InChI is InChI=1S/C36H43ClN2O6/c1-5-7-8-12-20-44-34(43)30-29-32(41)39(28(23-40)21-25-13-10-9-11-14-25)31(36(29)22-24(3)35(30,4)45-36)33(42)38(19-6-2)27-17-15-26(37)16-18-27/h5-6,9-11,13-18,24,28-31,40H,1-2,7-8,12,19-23H2,3-4H3/t24?,28-,29+,30-,31?,35+,36?/m1/s1. The predicted molar refractivity (Wildman–Crippen MR) is 174 cm³/mol. The number of halogens is 1. The molecule has 45 heavy (non-hydrogen) atoms. The monoisotopic (exact) mass is 634 g/mol. The molecule has 2 bridgehead atoms. The average Bonchev–Trinajstić information content (AvgIpc) is 3.55. The highest BCUT2D eigenvalue weighted by Crippen LogP contribution is 2.65. The number of allylic oxidation sites excluding steroid dienone is 1. The number of benzene rings is 2. The van der Waals surface area contributed by atoms with Crippen molar-refractivity contribution in [2.24, 2.45) is 17.8 Å². The highest BCUT2D eigenvalue weighted by atomic mass is 35.5. The number of esters is 1. The highest BCUT2D eigenvalue weighted by Gasteiger charge is 2.80. The molecule has 2 aromatic rings. The van der Waals surface area contributed by atoms with Crippen LogP contribution in [0.2, 0.25) is 5.02 Å². The summed E-state index contributed by atoms with van der Waals surface area (Å²) in [7, 11) is 0. The van der Waals surface area contributed by atoms with E-state index in [1.807, 2.05) is 50.3 Å². The first kappa shape index (κ1) is 32.9. The fourth-order valence-electron chi connectivity index (χ4n) is 7.72. The normalized spacial score (nSPS) is 28.9. The van der Waals surface area contributed by atoms with Crippen LogP contribution in [-0.2, 0) is 30.3 Å². The maximum atomic E-state index is 14.9. The van der Waals surface area contributed by atoms with Crippen LogP contribution in [-0.4, -0.2) is 70.8 Å². The summed E-state index contributed by atoms with van der Waals surface area (Å²) in [5.41, 5.74) is -0.791. The first-order valence-electron chi connectivity index (χ1n) is 15.8. The minimum atomic E-state index is -1.29. The van der Waals surface area contributed by atoms with Gasteiger partial charge in [0.25, 0.3) is 5.91 Å². The molecule has 3 heterocycles. The molecule has 3 fully saturated rings. The molecule has 2 aromatic carbocycles. The third-order valence-electron chi connectivity index (χ3n) is 9.92. The number of unbranched alkanes of at least 4 members (excludes halogenated alkanes) is 2. The van der Waals surface area contributed by atoms with Crippen molar-refractivity contribution >= 4 is 35.1 Å². The van der Waals surface area contributed by atoms with Crippen LogP contribution in [0.5, 0.6) is 0 Å². The van der Waals surface area contributed by atoms with Crippen molar-refractivity contribution in [3.05, 3.63) is 90.5 Å². The largest absolute Gasteiger partial charge is 0.465 e. The number of hydrogen-bond acceptors (Lipinski definition) is 6. The van der Waals surface area contributed by atoms with E-state index in [0.717, 1.165) is 18.4 Å². The second-order valence-electron chi connectivity index (χ2n) is 12.6. The number of carbonyl (C=O) groups is 3. The Bertz CT molecular complexity index is 1420. The molecule has 2 amide bonds. The number of fused-ring (bicyclic) bond motifs is 1. The van der Waals surface area contributed by atoms with Crippen LogP contribution in [0, 0.1) is 17.8 Å². The topological polar surface area (TPSA) is 96.4 Å². The lowest BCUT2D eigenvalue weighted by Crippen LogP contribution is -2.59. The van der Waals surface area contributed by atoms with Crippen molar-refractivity contribution in [2.75, 3.05) is 24.7 Å². The zero-order valence-electron chi connectivity index (χ0n) is 26.1. The van der Waals surface area contributed by atoms with Crippen LogP contribution in [0.25, 0.3) is 0 Å².